The van der Waals surface area contributed by atoms with E-state index in [2.05, 4.69) is 10.8 Å². The third-order valence-electron chi connectivity index (χ3n) is 1.89. The van der Waals surface area contributed by atoms with E-state index in [-0.39, 0.29) is 5.41 Å². The predicted molar refractivity (Wildman–Crippen MR) is 54.6 cm³/mol. The zero-order chi connectivity index (χ0) is 11.4. The van der Waals surface area contributed by atoms with E-state index in [9.17, 15) is 9.00 Å². The number of carbonyl (C=O) groups excluding carboxylic acids is 1. The van der Waals surface area contributed by atoms with Crippen LogP contribution in [-0.2, 0) is 20.3 Å². The molecule has 0 rings (SSSR count). The van der Waals surface area contributed by atoms with Crippen molar-refractivity contribution in [1.82, 2.24) is 0 Å². The molecule has 14 heavy (non-hydrogen) atoms. The lowest BCUT2D eigenvalue weighted by atomic mass is 9.79. The number of carbonyl (C=O) groups is 1. The average molecular weight is 220 g/mol. The van der Waals surface area contributed by atoms with Gasteiger partial charge in [-0.1, -0.05) is 26.8 Å². The molecule has 0 aliphatic carbocycles. The number of rotatable bonds is 4. The van der Waals surface area contributed by atoms with Gasteiger partial charge in [-0.15, -0.1) is 6.58 Å². The molecule has 0 heterocycles. The summed E-state index contributed by atoms with van der Waals surface area (Å²) in [6.45, 7) is 9.12. The molecule has 0 spiro atoms. The van der Waals surface area contributed by atoms with Gasteiger partial charge in [0.2, 0.25) is 0 Å². The molecule has 0 aromatic heterocycles. The molecular formula is C9H16O4S. The predicted octanol–water partition coefficient (Wildman–Crippen LogP) is 1.90. The van der Waals surface area contributed by atoms with Crippen LogP contribution < -0.4 is 0 Å². The van der Waals surface area contributed by atoms with E-state index in [0.717, 1.165) is 0 Å². The summed E-state index contributed by atoms with van der Waals surface area (Å²) in [5.74, 6) is -1.12. The van der Waals surface area contributed by atoms with Crippen molar-refractivity contribution >= 4 is 17.3 Å². The Balaban J connectivity index is 4.57. The van der Waals surface area contributed by atoms with Gasteiger partial charge in [0.05, 0.1) is 5.92 Å². The lowest BCUT2D eigenvalue weighted by Crippen LogP contribution is -2.30. The molecule has 2 unspecified atom stereocenters. The van der Waals surface area contributed by atoms with Crippen LogP contribution in [0.5, 0.6) is 0 Å². The minimum absolute atomic E-state index is 0.315. The minimum atomic E-state index is -2.54. The molecule has 0 saturated carbocycles. The van der Waals surface area contributed by atoms with Crippen LogP contribution in [-0.4, -0.2) is 14.7 Å². The zero-order valence-electron chi connectivity index (χ0n) is 8.65. The van der Waals surface area contributed by atoms with Crippen LogP contribution in [0.25, 0.3) is 0 Å². The summed E-state index contributed by atoms with van der Waals surface area (Å²) in [6.07, 6.45) is 2.02. The van der Waals surface area contributed by atoms with E-state index in [1.807, 2.05) is 20.8 Å². The van der Waals surface area contributed by atoms with Crippen LogP contribution in [0.4, 0.5) is 0 Å². The van der Waals surface area contributed by atoms with Crippen molar-refractivity contribution in [1.29, 1.82) is 0 Å². The highest BCUT2D eigenvalue weighted by atomic mass is 32.2. The zero-order valence-corrected chi connectivity index (χ0v) is 9.47. The van der Waals surface area contributed by atoms with Gasteiger partial charge in [0.1, 0.15) is 0 Å². The Morgan fingerprint density at radius 2 is 2.14 bits per heavy atom. The lowest BCUT2D eigenvalue weighted by molar-refractivity contribution is -0.141. The van der Waals surface area contributed by atoms with Crippen molar-refractivity contribution in [2.45, 2.75) is 27.2 Å². The Labute approximate surface area is 86.8 Å². The lowest BCUT2D eigenvalue weighted by Gasteiger charge is -2.26. The quantitative estimate of drug-likeness (QED) is 0.580. The maximum atomic E-state index is 11.4. The maximum absolute atomic E-state index is 11.4. The molecular weight excluding hydrogens is 204 g/mol. The van der Waals surface area contributed by atoms with E-state index in [1.54, 1.807) is 6.08 Å². The van der Waals surface area contributed by atoms with Gasteiger partial charge in [0, 0.05) is 0 Å². The van der Waals surface area contributed by atoms with E-state index >= 15 is 0 Å². The van der Waals surface area contributed by atoms with Crippen LogP contribution in [0, 0.1) is 11.3 Å². The molecule has 1 N–H and O–H groups in total. The summed E-state index contributed by atoms with van der Waals surface area (Å²) in [6, 6.07) is 0. The first-order chi connectivity index (χ1) is 6.29. The molecule has 0 aromatic carbocycles. The molecule has 82 valence electrons. The number of allylic oxidation sites excluding steroid dienone is 1. The first-order valence-electron chi connectivity index (χ1n) is 4.23. The summed E-state index contributed by atoms with van der Waals surface area (Å²) >= 11 is -2.54. The van der Waals surface area contributed by atoms with Gasteiger partial charge < -0.3 is 4.18 Å². The molecule has 0 saturated heterocycles. The molecule has 0 bridgehead atoms. The van der Waals surface area contributed by atoms with Crippen LogP contribution >= 0.6 is 0 Å². The molecule has 0 aliphatic rings. The highest BCUT2D eigenvalue weighted by molar-refractivity contribution is 7.74. The van der Waals surface area contributed by atoms with Crippen LogP contribution in [0.3, 0.4) is 0 Å². The summed E-state index contributed by atoms with van der Waals surface area (Å²) in [5.41, 5.74) is -0.315. The third kappa shape index (κ3) is 4.53. The monoisotopic (exact) mass is 220 g/mol. The highest BCUT2D eigenvalue weighted by Gasteiger charge is 2.32. The van der Waals surface area contributed by atoms with Crippen LogP contribution in [0.2, 0.25) is 0 Å². The molecule has 2 atom stereocenters. The van der Waals surface area contributed by atoms with E-state index in [1.165, 1.54) is 0 Å². The SMILES string of the molecule is C=CCC(C(=O)OS(=O)O)C(C)(C)C. The van der Waals surface area contributed by atoms with Crippen LogP contribution in [0.15, 0.2) is 12.7 Å². The third-order valence-corrected chi connectivity index (χ3v) is 2.19. The summed E-state index contributed by atoms with van der Waals surface area (Å²) in [7, 11) is 0. The smallest absolute Gasteiger partial charge is 0.343 e. The molecule has 0 aromatic rings. The minimum Gasteiger partial charge on any atom is -0.343 e. The Bertz CT molecular complexity index is 242. The van der Waals surface area contributed by atoms with Crippen molar-refractivity contribution in [3.8, 4) is 0 Å². The first kappa shape index (κ1) is 13.3. The Hall–Kier alpha value is -0.680. The van der Waals surface area contributed by atoms with Crippen LogP contribution in [0.1, 0.15) is 27.2 Å². The van der Waals surface area contributed by atoms with Gasteiger partial charge in [-0.05, 0) is 11.8 Å². The van der Waals surface area contributed by atoms with Gasteiger partial charge in [-0.3, -0.25) is 9.35 Å². The normalized spacial score (nSPS) is 15.7. The average Bonchev–Trinajstić information content (AvgIpc) is 1.96. The largest absolute Gasteiger partial charge is 0.360 e. The molecule has 0 aliphatic heterocycles. The molecule has 0 amide bonds. The number of hydrogen-bond acceptors (Lipinski definition) is 3. The second-order valence-electron chi connectivity index (χ2n) is 4.06. The van der Waals surface area contributed by atoms with Gasteiger partial charge in [-0.2, -0.15) is 4.21 Å². The van der Waals surface area contributed by atoms with E-state index in [0.29, 0.717) is 6.42 Å². The Kier molecular flexibility index (Phi) is 5.01. The van der Waals surface area contributed by atoms with E-state index in [4.69, 9.17) is 4.55 Å². The van der Waals surface area contributed by atoms with Gasteiger partial charge in [0.15, 0.2) is 0 Å². The Morgan fingerprint density at radius 1 is 1.64 bits per heavy atom. The van der Waals surface area contributed by atoms with Crippen molar-refractivity contribution in [2.75, 3.05) is 0 Å². The van der Waals surface area contributed by atoms with Crippen molar-refractivity contribution < 1.29 is 17.7 Å². The second-order valence-corrected chi connectivity index (χ2v) is 4.66. The van der Waals surface area contributed by atoms with Crippen molar-refractivity contribution in [3.63, 3.8) is 0 Å². The molecule has 0 fully saturated rings. The standard InChI is InChI=1S/C9H16O4S/c1-5-6-7(9(2,3)4)8(10)13-14(11)12/h5,7H,1,6H2,2-4H3,(H,11,12). The van der Waals surface area contributed by atoms with Gasteiger partial charge in [0.25, 0.3) is 0 Å². The fourth-order valence-electron chi connectivity index (χ4n) is 1.10. The second kappa shape index (κ2) is 5.26. The molecule has 0 radical (unpaired) electrons. The van der Waals surface area contributed by atoms with Crippen molar-refractivity contribution in [3.05, 3.63) is 12.7 Å². The fraction of sp³-hybridized carbons (Fsp3) is 0.667. The molecule has 5 heteroatoms. The maximum Gasteiger partial charge on any atom is 0.360 e. The summed E-state index contributed by atoms with van der Waals surface area (Å²) in [5, 5.41) is 0. The van der Waals surface area contributed by atoms with Gasteiger partial charge in [-0.25, -0.2) is 0 Å². The Morgan fingerprint density at radius 3 is 2.43 bits per heavy atom. The fourth-order valence-corrected chi connectivity index (χ4v) is 1.36. The first-order valence-corrected chi connectivity index (χ1v) is 5.26. The summed E-state index contributed by atoms with van der Waals surface area (Å²) < 4.78 is 22.9. The van der Waals surface area contributed by atoms with E-state index < -0.39 is 23.2 Å². The van der Waals surface area contributed by atoms with Crippen molar-refractivity contribution in [2.24, 2.45) is 11.3 Å². The molecule has 4 nitrogen and oxygen atoms in total. The number of hydrogen-bond donors (Lipinski definition) is 1. The topological polar surface area (TPSA) is 63.6 Å². The highest BCUT2D eigenvalue weighted by Crippen LogP contribution is 2.30. The van der Waals surface area contributed by atoms with Gasteiger partial charge >= 0.3 is 17.3 Å². The summed E-state index contributed by atoms with van der Waals surface area (Å²) in [4.78, 5) is 11.4.